The van der Waals surface area contributed by atoms with Gasteiger partial charge in [-0.25, -0.2) is 4.98 Å². The van der Waals surface area contributed by atoms with Crippen molar-refractivity contribution in [1.82, 2.24) is 14.9 Å². The van der Waals surface area contributed by atoms with Crippen molar-refractivity contribution in [2.45, 2.75) is 32.2 Å². The van der Waals surface area contributed by atoms with Crippen LogP contribution < -0.4 is 5.32 Å². The average molecular weight is 241 g/mol. The summed E-state index contributed by atoms with van der Waals surface area (Å²) in [6.07, 6.45) is 13.1. The number of unbranched alkanes of at least 4 members (excludes halogenated alkanes) is 2. The second kappa shape index (κ2) is 9.73. The lowest BCUT2D eigenvalue weighted by Crippen LogP contribution is -2.18. The fourth-order valence-corrected chi connectivity index (χ4v) is 2.10. The highest BCUT2D eigenvalue weighted by molar-refractivity contribution is 7.98. The standard InChI is InChI=1S/C12H23N3S/c1-16-11-4-2-3-6-13-7-5-9-15-10-8-14-12-15/h8,10,12-13H,2-7,9,11H2,1H3. The number of aryl methyl sites for hydroxylation is 1. The summed E-state index contributed by atoms with van der Waals surface area (Å²) >= 11 is 1.94. The van der Waals surface area contributed by atoms with Gasteiger partial charge in [0, 0.05) is 18.9 Å². The van der Waals surface area contributed by atoms with Gasteiger partial charge in [0.1, 0.15) is 0 Å². The van der Waals surface area contributed by atoms with Crippen LogP contribution in [0.5, 0.6) is 0 Å². The number of hydrogen-bond acceptors (Lipinski definition) is 3. The molecule has 0 radical (unpaired) electrons. The molecule has 0 unspecified atom stereocenters. The van der Waals surface area contributed by atoms with Crippen LogP contribution in [0.1, 0.15) is 25.7 Å². The van der Waals surface area contributed by atoms with E-state index in [1.807, 2.05) is 30.5 Å². The third kappa shape index (κ3) is 6.90. The molecule has 0 spiro atoms. The molecule has 1 aromatic rings. The molecule has 16 heavy (non-hydrogen) atoms. The Hall–Kier alpha value is -0.480. The van der Waals surface area contributed by atoms with Crippen LogP contribution in [0, 0.1) is 0 Å². The van der Waals surface area contributed by atoms with E-state index in [2.05, 4.69) is 21.1 Å². The van der Waals surface area contributed by atoms with Crippen molar-refractivity contribution in [3.05, 3.63) is 18.7 Å². The normalized spacial score (nSPS) is 10.8. The van der Waals surface area contributed by atoms with Gasteiger partial charge in [-0.2, -0.15) is 11.8 Å². The third-order valence-corrected chi connectivity index (χ3v) is 3.23. The molecule has 0 saturated heterocycles. The summed E-state index contributed by atoms with van der Waals surface area (Å²) in [6.45, 7) is 3.35. The summed E-state index contributed by atoms with van der Waals surface area (Å²) in [4.78, 5) is 4.02. The molecule has 0 bridgehead atoms. The number of aromatic nitrogens is 2. The number of hydrogen-bond donors (Lipinski definition) is 1. The number of thioether (sulfide) groups is 1. The van der Waals surface area contributed by atoms with Gasteiger partial charge in [-0.05, 0) is 44.4 Å². The predicted octanol–water partition coefficient (Wildman–Crippen LogP) is 2.40. The van der Waals surface area contributed by atoms with E-state index in [0.717, 1.165) is 19.6 Å². The zero-order chi connectivity index (χ0) is 11.5. The molecule has 0 aliphatic heterocycles. The van der Waals surface area contributed by atoms with Crippen LogP contribution in [0.2, 0.25) is 0 Å². The Labute approximate surface area is 103 Å². The maximum atomic E-state index is 4.02. The van der Waals surface area contributed by atoms with E-state index in [9.17, 15) is 0 Å². The van der Waals surface area contributed by atoms with Gasteiger partial charge >= 0.3 is 0 Å². The zero-order valence-corrected chi connectivity index (χ0v) is 11.0. The molecule has 92 valence electrons. The Morgan fingerprint density at radius 1 is 1.19 bits per heavy atom. The van der Waals surface area contributed by atoms with Gasteiger partial charge in [0.2, 0.25) is 0 Å². The van der Waals surface area contributed by atoms with Crippen LogP contribution in [0.15, 0.2) is 18.7 Å². The second-order valence-corrected chi connectivity index (χ2v) is 4.94. The second-order valence-electron chi connectivity index (χ2n) is 3.96. The highest BCUT2D eigenvalue weighted by atomic mass is 32.2. The summed E-state index contributed by atoms with van der Waals surface area (Å²) in [6, 6.07) is 0. The van der Waals surface area contributed by atoms with E-state index in [4.69, 9.17) is 0 Å². The zero-order valence-electron chi connectivity index (χ0n) is 10.2. The molecule has 3 nitrogen and oxygen atoms in total. The van der Waals surface area contributed by atoms with Crippen LogP contribution in [-0.4, -0.2) is 34.6 Å². The van der Waals surface area contributed by atoms with Gasteiger partial charge in [-0.15, -0.1) is 0 Å². The van der Waals surface area contributed by atoms with Gasteiger partial charge in [0.05, 0.1) is 6.33 Å². The topological polar surface area (TPSA) is 29.9 Å². The summed E-state index contributed by atoms with van der Waals surface area (Å²) in [5.41, 5.74) is 0. The smallest absolute Gasteiger partial charge is 0.0945 e. The van der Waals surface area contributed by atoms with Crippen molar-refractivity contribution >= 4 is 11.8 Å². The first kappa shape index (κ1) is 13.6. The highest BCUT2D eigenvalue weighted by Gasteiger charge is 1.91. The van der Waals surface area contributed by atoms with Gasteiger partial charge in [-0.1, -0.05) is 6.42 Å². The van der Waals surface area contributed by atoms with Crippen molar-refractivity contribution < 1.29 is 0 Å². The van der Waals surface area contributed by atoms with Crippen LogP contribution in [0.4, 0.5) is 0 Å². The lowest BCUT2D eigenvalue weighted by atomic mass is 10.2. The van der Waals surface area contributed by atoms with Crippen LogP contribution >= 0.6 is 11.8 Å². The molecule has 1 N–H and O–H groups in total. The number of rotatable bonds is 10. The maximum Gasteiger partial charge on any atom is 0.0945 e. The van der Waals surface area contributed by atoms with Crippen LogP contribution in [-0.2, 0) is 6.54 Å². The van der Waals surface area contributed by atoms with E-state index in [-0.39, 0.29) is 0 Å². The van der Waals surface area contributed by atoms with Gasteiger partial charge < -0.3 is 9.88 Å². The van der Waals surface area contributed by atoms with Crippen molar-refractivity contribution in [2.24, 2.45) is 0 Å². The van der Waals surface area contributed by atoms with E-state index in [1.54, 1.807) is 0 Å². The Morgan fingerprint density at radius 3 is 2.81 bits per heavy atom. The molecule has 1 aromatic heterocycles. The lowest BCUT2D eigenvalue weighted by Gasteiger charge is -2.05. The van der Waals surface area contributed by atoms with Gasteiger partial charge in [-0.3, -0.25) is 0 Å². The van der Waals surface area contributed by atoms with Gasteiger partial charge in [0.15, 0.2) is 0 Å². The fraction of sp³-hybridized carbons (Fsp3) is 0.750. The van der Waals surface area contributed by atoms with Crippen LogP contribution in [0.3, 0.4) is 0 Å². The summed E-state index contributed by atoms with van der Waals surface area (Å²) < 4.78 is 2.13. The molecule has 1 rings (SSSR count). The summed E-state index contributed by atoms with van der Waals surface area (Å²) in [5, 5.41) is 3.48. The number of nitrogens with zero attached hydrogens (tertiary/aromatic N) is 2. The molecule has 0 saturated carbocycles. The first-order valence-electron chi connectivity index (χ1n) is 6.09. The Bertz CT molecular complexity index is 236. The monoisotopic (exact) mass is 241 g/mol. The number of nitrogens with one attached hydrogen (secondary N) is 1. The van der Waals surface area contributed by atoms with E-state index in [0.29, 0.717) is 0 Å². The van der Waals surface area contributed by atoms with E-state index in [1.165, 1.54) is 31.4 Å². The molecular weight excluding hydrogens is 218 g/mol. The maximum absolute atomic E-state index is 4.02. The molecule has 1 heterocycles. The molecule has 0 aliphatic carbocycles. The molecular formula is C12H23N3S. The minimum absolute atomic E-state index is 1.07. The Morgan fingerprint density at radius 2 is 2.06 bits per heavy atom. The van der Waals surface area contributed by atoms with Crippen molar-refractivity contribution in [2.75, 3.05) is 25.1 Å². The SMILES string of the molecule is CSCCCCCNCCCn1ccnc1. The minimum Gasteiger partial charge on any atom is -0.337 e. The van der Waals surface area contributed by atoms with E-state index < -0.39 is 0 Å². The number of imidazole rings is 1. The summed E-state index contributed by atoms with van der Waals surface area (Å²) in [7, 11) is 0. The predicted molar refractivity (Wildman–Crippen MR) is 71.9 cm³/mol. The fourth-order valence-electron chi connectivity index (χ4n) is 1.60. The Kier molecular flexibility index (Phi) is 8.26. The van der Waals surface area contributed by atoms with Crippen molar-refractivity contribution in [3.8, 4) is 0 Å². The average Bonchev–Trinajstić information content (AvgIpc) is 2.80. The quantitative estimate of drug-likeness (QED) is 0.638. The first-order chi connectivity index (χ1) is 7.93. The van der Waals surface area contributed by atoms with Gasteiger partial charge in [0.25, 0.3) is 0 Å². The van der Waals surface area contributed by atoms with Crippen LogP contribution in [0.25, 0.3) is 0 Å². The molecule has 0 aromatic carbocycles. The van der Waals surface area contributed by atoms with Crippen molar-refractivity contribution in [3.63, 3.8) is 0 Å². The minimum atomic E-state index is 1.07. The first-order valence-corrected chi connectivity index (χ1v) is 7.48. The molecule has 0 fully saturated rings. The highest BCUT2D eigenvalue weighted by Crippen LogP contribution is 2.01. The molecule has 0 aliphatic rings. The molecule has 4 heteroatoms. The Balaban J connectivity index is 1.78. The third-order valence-electron chi connectivity index (χ3n) is 2.53. The summed E-state index contributed by atoms with van der Waals surface area (Å²) in [5.74, 6) is 1.31. The lowest BCUT2D eigenvalue weighted by molar-refractivity contribution is 0.561. The molecule has 0 atom stereocenters. The van der Waals surface area contributed by atoms with E-state index >= 15 is 0 Å². The van der Waals surface area contributed by atoms with Crippen molar-refractivity contribution in [1.29, 1.82) is 0 Å². The molecule has 0 amide bonds. The largest absolute Gasteiger partial charge is 0.337 e.